The van der Waals surface area contributed by atoms with Crippen LogP contribution in [-0.2, 0) is 16.0 Å². The normalized spacial score (nSPS) is 15.0. The first-order valence-corrected chi connectivity index (χ1v) is 12.0. The SMILES string of the molecule is CCNC(=NCCc1ccc(-c2csc(C)n2)s1)N1CCC(C(=O)OCC)CC1.I. The number of nitrogens with zero attached hydrogens (tertiary/aromatic N) is 3. The Morgan fingerprint density at radius 1 is 1.33 bits per heavy atom. The molecule has 1 saturated heterocycles. The number of carbonyl (C=O) groups excluding carboxylic acids is 1. The highest BCUT2D eigenvalue weighted by atomic mass is 127. The number of ether oxygens (including phenoxy) is 1. The maximum absolute atomic E-state index is 11.9. The molecule has 0 bridgehead atoms. The van der Waals surface area contributed by atoms with E-state index < -0.39 is 0 Å². The fraction of sp³-hybridized carbons (Fsp3) is 0.571. The van der Waals surface area contributed by atoms with Gasteiger partial charge in [-0.3, -0.25) is 9.79 Å². The first-order chi connectivity index (χ1) is 14.1. The number of halogens is 1. The molecule has 3 heterocycles. The Bertz CT molecular complexity index is 829. The molecule has 1 aliphatic heterocycles. The fourth-order valence-electron chi connectivity index (χ4n) is 3.41. The predicted octanol–water partition coefficient (Wildman–Crippen LogP) is 4.58. The van der Waals surface area contributed by atoms with Crippen LogP contribution in [-0.4, -0.2) is 54.6 Å². The van der Waals surface area contributed by atoms with E-state index in [4.69, 9.17) is 9.73 Å². The van der Waals surface area contributed by atoms with E-state index in [1.807, 2.05) is 13.8 Å². The molecule has 0 unspecified atom stereocenters. The lowest BCUT2D eigenvalue weighted by molar-refractivity contribution is -0.149. The number of hydrogen-bond acceptors (Lipinski definition) is 6. The van der Waals surface area contributed by atoms with Crippen molar-refractivity contribution < 1.29 is 9.53 Å². The van der Waals surface area contributed by atoms with Crippen LogP contribution in [0.15, 0.2) is 22.5 Å². The molecule has 2 aromatic rings. The van der Waals surface area contributed by atoms with Gasteiger partial charge in [-0.05, 0) is 45.7 Å². The topological polar surface area (TPSA) is 66.8 Å². The number of piperidine rings is 1. The van der Waals surface area contributed by atoms with E-state index >= 15 is 0 Å². The molecule has 9 heteroatoms. The van der Waals surface area contributed by atoms with Crippen LogP contribution in [0.25, 0.3) is 10.6 Å². The molecule has 0 atom stereocenters. The van der Waals surface area contributed by atoms with Crippen molar-refractivity contribution >= 4 is 58.6 Å². The molecule has 1 fully saturated rings. The minimum atomic E-state index is -0.0575. The van der Waals surface area contributed by atoms with Crippen molar-refractivity contribution in [3.05, 3.63) is 27.4 Å². The molecular formula is C21H31IN4O2S2. The molecule has 0 amide bonds. The Kier molecular flexibility index (Phi) is 10.5. The minimum Gasteiger partial charge on any atom is -0.466 e. The van der Waals surface area contributed by atoms with E-state index in [0.29, 0.717) is 6.61 Å². The Balaban J connectivity index is 0.00000320. The number of guanidine groups is 1. The average Bonchev–Trinajstić information content (AvgIpc) is 3.36. The number of nitrogens with one attached hydrogen (secondary N) is 1. The number of likely N-dealkylation sites (tertiary alicyclic amines) is 1. The highest BCUT2D eigenvalue weighted by molar-refractivity contribution is 14.0. The molecule has 0 spiro atoms. The molecule has 166 valence electrons. The minimum absolute atomic E-state index is 0. The van der Waals surface area contributed by atoms with Crippen LogP contribution < -0.4 is 5.32 Å². The van der Waals surface area contributed by atoms with Crippen LogP contribution >= 0.6 is 46.7 Å². The molecule has 1 aliphatic rings. The molecule has 0 aromatic carbocycles. The molecule has 6 nitrogen and oxygen atoms in total. The number of aromatic nitrogens is 1. The van der Waals surface area contributed by atoms with Gasteiger partial charge in [-0.2, -0.15) is 0 Å². The molecule has 1 N–H and O–H groups in total. The number of thiazole rings is 1. The van der Waals surface area contributed by atoms with Gasteiger partial charge in [0.05, 0.1) is 28.1 Å². The van der Waals surface area contributed by atoms with E-state index in [-0.39, 0.29) is 35.9 Å². The predicted molar refractivity (Wildman–Crippen MR) is 136 cm³/mol. The quantitative estimate of drug-likeness (QED) is 0.232. The van der Waals surface area contributed by atoms with Crippen LogP contribution in [0, 0.1) is 12.8 Å². The van der Waals surface area contributed by atoms with Crippen molar-refractivity contribution in [2.45, 2.75) is 40.0 Å². The lowest BCUT2D eigenvalue weighted by Gasteiger charge is -2.33. The van der Waals surface area contributed by atoms with E-state index in [1.165, 1.54) is 9.75 Å². The lowest BCUT2D eigenvalue weighted by Crippen LogP contribution is -2.46. The van der Waals surface area contributed by atoms with Gasteiger partial charge in [-0.15, -0.1) is 46.7 Å². The summed E-state index contributed by atoms with van der Waals surface area (Å²) in [6, 6.07) is 4.34. The van der Waals surface area contributed by atoms with Gasteiger partial charge in [0.25, 0.3) is 0 Å². The average molecular weight is 563 g/mol. The second-order valence-electron chi connectivity index (χ2n) is 7.02. The molecule has 3 rings (SSSR count). The first kappa shape index (κ1) is 25.1. The van der Waals surface area contributed by atoms with Crippen LogP contribution in [0.3, 0.4) is 0 Å². The zero-order chi connectivity index (χ0) is 20.6. The maximum Gasteiger partial charge on any atom is 0.309 e. The van der Waals surface area contributed by atoms with Gasteiger partial charge < -0.3 is 15.0 Å². The number of aryl methyl sites for hydroxylation is 1. The highest BCUT2D eigenvalue weighted by Gasteiger charge is 2.27. The van der Waals surface area contributed by atoms with Crippen molar-refractivity contribution in [3.8, 4) is 10.6 Å². The summed E-state index contributed by atoms with van der Waals surface area (Å²) in [5.41, 5.74) is 1.07. The summed E-state index contributed by atoms with van der Waals surface area (Å²) in [5.74, 6) is 0.910. The highest BCUT2D eigenvalue weighted by Crippen LogP contribution is 2.29. The summed E-state index contributed by atoms with van der Waals surface area (Å²) >= 11 is 3.48. The third kappa shape index (κ3) is 6.91. The number of carbonyl (C=O) groups is 1. The van der Waals surface area contributed by atoms with Crippen molar-refractivity contribution in [2.24, 2.45) is 10.9 Å². The van der Waals surface area contributed by atoms with E-state index in [9.17, 15) is 4.79 Å². The Labute approximate surface area is 204 Å². The smallest absolute Gasteiger partial charge is 0.309 e. The monoisotopic (exact) mass is 562 g/mol. The zero-order valence-corrected chi connectivity index (χ0v) is 21.8. The van der Waals surface area contributed by atoms with Gasteiger partial charge in [-0.25, -0.2) is 4.98 Å². The van der Waals surface area contributed by atoms with Crippen LogP contribution in [0.1, 0.15) is 36.6 Å². The second-order valence-corrected chi connectivity index (χ2v) is 9.25. The van der Waals surface area contributed by atoms with Crippen LogP contribution in [0.2, 0.25) is 0 Å². The van der Waals surface area contributed by atoms with Crippen LogP contribution in [0.5, 0.6) is 0 Å². The van der Waals surface area contributed by atoms with E-state index in [0.717, 1.165) is 62.1 Å². The molecule has 0 saturated carbocycles. The van der Waals surface area contributed by atoms with Gasteiger partial charge in [-0.1, -0.05) is 0 Å². The summed E-state index contributed by atoms with van der Waals surface area (Å²) in [6.07, 6.45) is 2.57. The Morgan fingerprint density at radius 2 is 2.10 bits per heavy atom. The fourth-order valence-corrected chi connectivity index (χ4v) is 5.06. The lowest BCUT2D eigenvalue weighted by atomic mass is 9.97. The Morgan fingerprint density at radius 3 is 2.73 bits per heavy atom. The van der Waals surface area contributed by atoms with Crippen molar-refractivity contribution in [2.75, 3.05) is 32.8 Å². The van der Waals surface area contributed by atoms with Gasteiger partial charge >= 0.3 is 5.97 Å². The zero-order valence-electron chi connectivity index (χ0n) is 17.8. The molecule has 0 aliphatic carbocycles. The third-order valence-electron chi connectivity index (χ3n) is 4.90. The number of hydrogen-bond donors (Lipinski definition) is 1. The first-order valence-electron chi connectivity index (χ1n) is 10.3. The number of aliphatic imine (C=N–C) groups is 1. The summed E-state index contributed by atoms with van der Waals surface area (Å²) in [7, 11) is 0. The van der Waals surface area contributed by atoms with Crippen LogP contribution in [0.4, 0.5) is 0 Å². The molecule has 30 heavy (non-hydrogen) atoms. The molecular weight excluding hydrogens is 531 g/mol. The van der Waals surface area contributed by atoms with E-state index in [1.54, 1.807) is 22.7 Å². The van der Waals surface area contributed by atoms with E-state index in [2.05, 4.69) is 39.6 Å². The summed E-state index contributed by atoms with van der Waals surface area (Å²) in [5, 5.41) is 6.61. The summed E-state index contributed by atoms with van der Waals surface area (Å²) in [6.45, 7) is 9.69. The van der Waals surface area contributed by atoms with Gasteiger partial charge in [0, 0.05) is 42.9 Å². The maximum atomic E-state index is 11.9. The van der Waals surface area contributed by atoms with Crippen molar-refractivity contribution in [1.29, 1.82) is 0 Å². The third-order valence-corrected chi connectivity index (χ3v) is 6.84. The standard InChI is InChI=1S/C21H30N4O2S2.HI/c1-4-22-21(25-12-9-16(10-13-25)20(26)27-5-2)23-11-8-17-6-7-19(29-17)18-14-28-15(3)24-18;/h6-7,14,16H,4-5,8-13H2,1-3H3,(H,22,23);1H. The molecule has 2 aromatic heterocycles. The van der Waals surface area contributed by atoms with Crippen molar-refractivity contribution in [3.63, 3.8) is 0 Å². The molecule has 0 radical (unpaired) electrons. The number of esters is 1. The number of thiophene rings is 1. The van der Waals surface area contributed by atoms with Gasteiger partial charge in [0.1, 0.15) is 0 Å². The van der Waals surface area contributed by atoms with Gasteiger partial charge in [0.2, 0.25) is 0 Å². The van der Waals surface area contributed by atoms with Gasteiger partial charge in [0.15, 0.2) is 5.96 Å². The number of rotatable bonds is 7. The second kappa shape index (κ2) is 12.6. The Hall–Kier alpha value is -1.20. The summed E-state index contributed by atoms with van der Waals surface area (Å²) < 4.78 is 5.17. The summed E-state index contributed by atoms with van der Waals surface area (Å²) in [4.78, 5) is 26.2. The van der Waals surface area contributed by atoms with Crippen molar-refractivity contribution in [1.82, 2.24) is 15.2 Å². The largest absolute Gasteiger partial charge is 0.466 e.